The summed E-state index contributed by atoms with van der Waals surface area (Å²) in [5.41, 5.74) is 7.48. The molecule has 0 amide bonds. The molecule has 1 rings (SSSR count). The van der Waals surface area contributed by atoms with Gasteiger partial charge in [0.05, 0.1) is 52.4 Å². The molecule has 0 atom stereocenters. The van der Waals surface area contributed by atoms with E-state index in [1.165, 1.54) is 0 Å². The predicted octanol–water partition coefficient (Wildman–Crippen LogP) is 1.80. The number of hydrogen-bond donors (Lipinski definition) is 1. The van der Waals surface area contributed by atoms with Crippen molar-refractivity contribution in [3.63, 3.8) is 0 Å². The molecule has 0 aliphatic carbocycles. The highest BCUT2D eigenvalue weighted by Crippen LogP contribution is 2.30. The van der Waals surface area contributed by atoms with Crippen LogP contribution in [0.15, 0.2) is 18.2 Å². The first kappa shape index (κ1) is 21.5. The Hall–Kier alpha value is -1.54. The fraction of sp³-hybridized carbons (Fsp3) is 0.667. The van der Waals surface area contributed by atoms with E-state index in [0.717, 1.165) is 24.5 Å². The standard InChI is InChI=1S/C18H32N2O5/c1-4-23-11-12-25-14-13-24-10-8-20(7-9-21-2)17-6-5-16(19)15-18(17)22-3/h5-6,15H,4,7-14,19H2,1-3H3. The second kappa shape index (κ2) is 13.7. The van der Waals surface area contributed by atoms with Crippen LogP contribution in [-0.4, -0.2) is 73.6 Å². The van der Waals surface area contributed by atoms with E-state index in [9.17, 15) is 0 Å². The molecule has 1 aromatic rings. The van der Waals surface area contributed by atoms with E-state index >= 15 is 0 Å². The maximum absolute atomic E-state index is 5.83. The summed E-state index contributed by atoms with van der Waals surface area (Å²) in [6, 6.07) is 5.65. The maximum Gasteiger partial charge on any atom is 0.144 e. The predicted molar refractivity (Wildman–Crippen MR) is 99.6 cm³/mol. The Morgan fingerprint density at radius 3 is 2.16 bits per heavy atom. The minimum absolute atomic E-state index is 0.559. The van der Waals surface area contributed by atoms with Gasteiger partial charge in [-0.3, -0.25) is 0 Å². The second-order valence-electron chi connectivity index (χ2n) is 5.33. The SMILES string of the molecule is CCOCCOCCOCCN(CCOC)c1ccc(N)cc1OC. The quantitative estimate of drug-likeness (QED) is 0.379. The van der Waals surface area contributed by atoms with Crippen LogP contribution >= 0.6 is 0 Å². The molecule has 0 bridgehead atoms. The number of nitrogen functional groups attached to an aromatic ring is 1. The molecule has 0 spiro atoms. The summed E-state index contributed by atoms with van der Waals surface area (Å²) in [5.74, 6) is 0.746. The fourth-order valence-corrected chi connectivity index (χ4v) is 2.27. The molecule has 2 N–H and O–H groups in total. The molecule has 0 saturated heterocycles. The molecule has 0 unspecified atom stereocenters. The number of nitrogens with two attached hydrogens (primary N) is 1. The Kier molecular flexibility index (Phi) is 11.8. The van der Waals surface area contributed by atoms with E-state index in [2.05, 4.69) is 4.90 Å². The van der Waals surface area contributed by atoms with Gasteiger partial charge in [-0.05, 0) is 19.1 Å². The molecule has 0 saturated carbocycles. The average Bonchev–Trinajstić information content (AvgIpc) is 2.63. The van der Waals surface area contributed by atoms with Gasteiger partial charge in [0.2, 0.25) is 0 Å². The molecule has 7 nitrogen and oxygen atoms in total. The van der Waals surface area contributed by atoms with Gasteiger partial charge in [-0.25, -0.2) is 0 Å². The highest BCUT2D eigenvalue weighted by Gasteiger charge is 2.12. The minimum Gasteiger partial charge on any atom is -0.495 e. The zero-order valence-electron chi connectivity index (χ0n) is 15.7. The number of ether oxygens (including phenoxy) is 5. The second-order valence-corrected chi connectivity index (χ2v) is 5.33. The Morgan fingerprint density at radius 1 is 0.880 bits per heavy atom. The largest absolute Gasteiger partial charge is 0.495 e. The summed E-state index contributed by atoms with van der Waals surface area (Å²) < 4.78 is 26.9. The van der Waals surface area contributed by atoms with Gasteiger partial charge in [0.15, 0.2) is 0 Å². The fourth-order valence-electron chi connectivity index (χ4n) is 2.27. The van der Waals surface area contributed by atoms with Crippen molar-refractivity contribution in [3.8, 4) is 5.75 Å². The van der Waals surface area contributed by atoms with Crippen LogP contribution in [0.4, 0.5) is 11.4 Å². The first-order valence-corrected chi connectivity index (χ1v) is 8.63. The van der Waals surface area contributed by atoms with E-state index < -0.39 is 0 Å². The lowest BCUT2D eigenvalue weighted by molar-refractivity contribution is 0.0182. The molecule has 7 heteroatoms. The summed E-state index contributed by atoms with van der Waals surface area (Å²) in [5, 5.41) is 0. The molecular weight excluding hydrogens is 324 g/mol. The molecule has 0 heterocycles. The summed E-state index contributed by atoms with van der Waals surface area (Å²) >= 11 is 0. The lowest BCUT2D eigenvalue weighted by Crippen LogP contribution is -2.31. The van der Waals surface area contributed by atoms with Gasteiger partial charge < -0.3 is 34.3 Å². The molecule has 25 heavy (non-hydrogen) atoms. The number of methoxy groups -OCH3 is 2. The van der Waals surface area contributed by atoms with Crippen LogP contribution in [0, 0.1) is 0 Å². The van der Waals surface area contributed by atoms with Crippen molar-refractivity contribution in [2.45, 2.75) is 6.92 Å². The topological polar surface area (TPSA) is 75.4 Å². The third-order valence-corrected chi connectivity index (χ3v) is 3.56. The highest BCUT2D eigenvalue weighted by molar-refractivity contribution is 5.64. The van der Waals surface area contributed by atoms with Crippen LogP contribution in [0.5, 0.6) is 5.75 Å². The van der Waals surface area contributed by atoms with Crippen molar-refractivity contribution < 1.29 is 23.7 Å². The first-order valence-electron chi connectivity index (χ1n) is 8.63. The van der Waals surface area contributed by atoms with Crippen molar-refractivity contribution in [2.75, 3.05) is 84.2 Å². The Bertz CT molecular complexity index is 459. The van der Waals surface area contributed by atoms with E-state index in [-0.39, 0.29) is 0 Å². The lowest BCUT2D eigenvalue weighted by atomic mass is 10.2. The van der Waals surface area contributed by atoms with Gasteiger partial charge >= 0.3 is 0 Å². The zero-order chi connectivity index (χ0) is 18.3. The minimum atomic E-state index is 0.559. The lowest BCUT2D eigenvalue weighted by Gasteiger charge is -2.26. The molecule has 0 aliphatic heterocycles. The molecule has 0 radical (unpaired) electrons. The number of anilines is 2. The van der Waals surface area contributed by atoms with Gasteiger partial charge in [-0.2, -0.15) is 0 Å². The van der Waals surface area contributed by atoms with Gasteiger partial charge in [-0.1, -0.05) is 0 Å². The van der Waals surface area contributed by atoms with Crippen LogP contribution in [0.2, 0.25) is 0 Å². The Balaban J connectivity index is 2.39. The van der Waals surface area contributed by atoms with Crippen LogP contribution in [0.1, 0.15) is 6.92 Å². The summed E-state index contributed by atoms with van der Waals surface area (Å²) in [6.07, 6.45) is 0. The number of rotatable bonds is 15. The number of nitrogens with zero attached hydrogens (tertiary/aromatic N) is 1. The Morgan fingerprint density at radius 2 is 1.52 bits per heavy atom. The maximum atomic E-state index is 5.83. The van der Waals surface area contributed by atoms with Crippen molar-refractivity contribution in [2.24, 2.45) is 0 Å². The van der Waals surface area contributed by atoms with E-state index in [1.54, 1.807) is 14.2 Å². The van der Waals surface area contributed by atoms with Crippen LogP contribution in [-0.2, 0) is 18.9 Å². The normalized spacial score (nSPS) is 10.8. The molecular formula is C18H32N2O5. The molecule has 144 valence electrons. The number of hydrogen-bond acceptors (Lipinski definition) is 7. The zero-order valence-corrected chi connectivity index (χ0v) is 15.7. The monoisotopic (exact) mass is 356 g/mol. The summed E-state index contributed by atoms with van der Waals surface area (Å²) in [4.78, 5) is 2.16. The van der Waals surface area contributed by atoms with Gasteiger partial charge in [0.1, 0.15) is 5.75 Å². The molecule has 0 aromatic heterocycles. The van der Waals surface area contributed by atoms with Gasteiger partial charge in [0.25, 0.3) is 0 Å². The molecule has 1 aromatic carbocycles. The Labute approximate surface area is 150 Å². The van der Waals surface area contributed by atoms with E-state index in [0.29, 0.717) is 51.9 Å². The van der Waals surface area contributed by atoms with Crippen LogP contribution in [0.25, 0.3) is 0 Å². The third-order valence-electron chi connectivity index (χ3n) is 3.56. The summed E-state index contributed by atoms with van der Waals surface area (Å²) in [6.45, 7) is 7.70. The van der Waals surface area contributed by atoms with E-state index in [4.69, 9.17) is 29.4 Å². The van der Waals surface area contributed by atoms with Crippen LogP contribution in [0.3, 0.4) is 0 Å². The average molecular weight is 356 g/mol. The smallest absolute Gasteiger partial charge is 0.144 e. The van der Waals surface area contributed by atoms with Crippen LogP contribution < -0.4 is 15.4 Å². The first-order chi connectivity index (χ1) is 12.2. The highest BCUT2D eigenvalue weighted by atomic mass is 16.5. The number of benzene rings is 1. The van der Waals surface area contributed by atoms with Crippen molar-refractivity contribution in [1.29, 1.82) is 0 Å². The van der Waals surface area contributed by atoms with Gasteiger partial charge in [-0.15, -0.1) is 0 Å². The van der Waals surface area contributed by atoms with E-state index in [1.807, 2.05) is 25.1 Å². The molecule has 0 aliphatic rings. The van der Waals surface area contributed by atoms with Gasteiger partial charge in [0, 0.05) is 38.6 Å². The van der Waals surface area contributed by atoms with Crippen molar-refractivity contribution in [1.82, 2.24) is 0 Å². The van der Waals surface area contributed by atoms with Crippen molar-refractivity contribution >= 4 is 11.4 Å². The summed E-state index contributed by atoms with van der Waals surface area (Å²) in [7, 11) is 3.33. The molecule has 0 fully saturated rings. The third kappa shape index (κ3) is 8.92. The van der Waals surface area contributed by atoms with Crippen molar-refractivity contribution in [3.05, 3.63) is 18.2 Å².